The number of halogens is 2. The molecular weight excluding hydrogens is 317 g/mol. The molecule has 1 saturated carbocycles. The van der Waals surface area contributed by atoms with Crippen LogP contribution in [0.5, 0.6) is 0 Å². The molecule has 20 heavy (non-hydrogen) atoms. The van der Waals surface area contributed by atoms with Gasteiger partial charge in [-0.1, -0.05) is 39.3 Å². The lowest BCUT2D eigenvalue weighted by molar-refractivity contribution is 0.210. The maximum atomic E-state index is 14.4. The van der Waals surface area contributed by atoms with Crippen molar-refractivity contribution in [3.05, 3.63) is 34.1 Å². The van der Waals surface area contributed by atoms with Gasteiger partial charge in [0.2, 0.25) is 0 Å². The number of hydrogen-bond donors (Lipinski definition) is 1. The molecule has 0 spiro atoms. The Morgan fingerprint density at radius 3 is 2.60 bits per heavy atom. The van der Waals surface area contributed by atoms with Crippen LogP contribution in [0.2, 0.25) is 0 Å². The molecule has 0 heterocycles. The summed E-state index contributed by atoms with van der Waals surface area (Å²) < 4.78 is 14.9. The van der Waals surface area contributed by atoms with E-state index in [1.807, 2.05) is 12.1 Å². The normalized spacial score (nSPS) is 28.2. The molecule has 2 unspecified atom stereocenters. The van der Waals surface area contributed by atoms with Gasteiger partial charge in [0.15, 0.2) is 0 Å². The minimum absolute atomic E-state index is 0.191. The Morgan fingerprint density at radius 2 is 1.95 bits per heavy atom. The Kier molecular flexibility index (Phi) is 4.60. The topological polar surface area (TPSA) is 26.0 Å². The third-order valence-corrected chi connectivity index (χ3v) is 5.44. The predicted octanol–water partition coefficient (Wildman–Crippen LogP) is 5.37. The summed E-state index contributed by atoms with van der Waals surface area (Å²) in [7, 11) is 0. The van der Waals surface area contributed by atoms with E-state index in [9.17, 15) is 4.39 Å². The van der Waals surface area contributed by atoms with E-state index in [4.69, 9.17) is 5.73 Å². The zero-order chi connectivity index (χ0) is 15.0. The summed E-state index contributed by atoms with van der Waals surface area (Å²) in [5.41, 5.74) is 7.05. The second-order valence-electron chi connectivity index (χ2n) is 7.25. The number of hydrogen-bond acceptors (Lipinski definition) is 1. The van der Waals surface area contributed by atoms with E-state index >= 15 is 0 Å². The molecule has 1 nitrogen and oxygen atoms in total. The third kappa shape index (κ3) is 3.25. The van der Waals surface area contributed by atoms with Gasteiger partial charge in [-0.15, -0.1) is 0 Å². The molecule has 0 bridgehead atoms. The molecule has 0 aromatic heterocycles. The fraction of sp³-hybridized carbons (Fsp3) is 0.647. The van der Waals surface area contributed by atoms with Crippen LogP contribution in [0.4, 0.5) is 4.39 Å². The lowest BCUT2D eigenvalue weighted by Crippen LogP contribution is -2.37. The SMILES string of the molecule is CC(C)(C)C1CCCC(N)(c2cccc(Br)c2F)CC1. The van der Waals surface area contributed by atoms with Gasteiger partial charge in [-0.25, -0.2) is 4.39 Å². The van der Waals surface area contributed by atoms with Gasteiger partial charge in [0.1, 0.15) is 5.82 Å². The van der Waals surface area contributed by atoms with Crippen LogP contribution in [-0.2, 0) is 5.54 Å². The molecule has 1 aliphatic rings. The Labute approximate surface area is 130 Å². The van der Waals surface area contributed by atoms with E-state index in [1.54, 1.807) is 6.07 Å². The van der Waals surface area contributed by atoms with E-state index < -0.39 is 5.54 Å². The molecule has 1 aromatic carbocycles. The maximum absolute atomic E-state index is 14.4. The third-order valence-electron chi connectivity index (χ3n) is 4.83. The van der Waals surface area contributed by atoms with Crippen LogP contribution in [0.15, 0.2) is 22.7 Å². The van der Waals surface area contributed by atoms with Crippen LogP contribution < -0.4 is 5.73 Å². The van der Waals surface area contributed by atoms with Gasteiger partial charge in [-0.2, -0.15) is 0 Å². The first kappa shape index (κ1) is 16.0. The van der Waals surface area contributed by atoms with E-state index in [-0.39, 0.29) is 5.82 Å². The highest BCUT2D eigenvalue weighted by atomic mass is 79.9. The molecule has 0 radical (unpaired) electrons. The number of benzene rings is 1. The van der Waals surface area contributed by atoms with Crippen LogP contribution in [0.3, 0.4) is 0 Å². The zero-order valence-electron chi connectivity index (χ0n) is 12.7. The highest BCUT2D eigenvalue weighted by Crippen LogP contribution is 2.43. The van der Waals surface area contributed by atoms with Gasteiger partial charge in [0, 0.05) is 11.1 Å². The molecule has 3 heteroatoms. The Morgan fingerprint density at radius 1 is 1.25 bits per heavy atom. The standard InChI is InChI=1S/C17H25BrFN/c1-16(2,3)12-6-5-10-17(20,11-9-12)13-7-4-8-14(18)15(13)19/h4,7-8,12H,5-6,9-11,20H2,1-3H3. The van der Waals surface area contributed by atoms with Gasteiger partial charge in [-0.05, 0) is 59.0 Å². The van der Waals surface area contributed by atoms with Crippen molar-refractivity contribution in [2.45, 2.75) is 58.4 Å². The second kappa shape index (κ2) is 5.76. The summed E-state index contributed by atoms with van der Waals surface area (Å²) >= 11 is 3.27. The predicted molar refractivity (Wildman–Crippen MR) is 86.0 cm³/mol. The van der Waals surface area contributed by atoms with Crippen molar-refractivity contribution in [2.75, 3.05) is 0 Å². The fourth-order valence-corrected chi connectivity index (χ4v) is 3.75. The van der Waals surface area contributed by atoms with E-state index in [0.29, 0.717) is 21.4 Å². The summed E-state index contributed by atoms with van der Waals surface area (Å²) in [6.07, 6.45) is 5.07. The lowest BCUT2D eigenvalue weighted by Gasteiger charge is -2.32. The lowest BCUT2D eigenvalue weighted by atomic mass is 9.75. The summed E-state index contributed by atoms with van der Waals surface area (Å²) in [4.78, 5) is 0. The molecule has 2 rings (SSSR count). The first-order valence-electron chi connectivity index (χ1n) is 7.47. The van der Waals surface area contributed by atoms with Gasteiger partial charge >= 0.3 is 0 Å². The van der Waals surface area contributed by atoms with Crippen molar-refractivity contribution in [1.29, 1.82) is 0 Å². The van der Waals surface area contributed by atoms with Crippen molar-refractivity contribution in [2.24, 2.45) is 17.1 Å². The fourth-order valence-electron chi connectivity index (χ4n) is 3.39. The molecule has 0 aliphatic heterocycles. The summed E-state index contributed by atoms with van der Waals surface area (Å²) in [6.45, 7) is 6.88. The minimum atomic E-state index is -0.520. The van der Waals surface area contributed by atoms with Crippen molar-refractivity contribution < 1.29 is 4.39 Å². The second-order valence-corrected chi connectivity index (χ2v) is 8.11. The number of nitrogens with two attached hydrogens (primary N) is 1. The summed E-state index contributed by atoms with van der Waals surface area (Å²) in [5, 5.41) is 0. The van der Waals surface area contributed by atoms with E-state index in [0.717, 1.165) is 25.7 Å². The van der Waals surface area contributed by atoms with Crippen LogP contribution in [0, 0.1) is 17.2 Å². The van der Waals surface area contributed by atoms with Gasteiger partial charge in [0.05, 0.1) is 4.47 Å². The van der Waals surface area contributed by atoms with Gasteiger partial charge in [-0.3, -0.25) is 0 Å². The van der Waals surface area contributed by atoms with E-state index in [1.165, 1.54) is 6.42 Å². The summed E-state index contributed by atoms with van der Waals surface area (Å²) in [6, 6.07) is 5.46. The van der Waals surface area contributed by atoms with Gasteiger partial charge in [0.25, 0.3) is 0 Å². The maximum Gasteiger partial charge on any atom is 0.142 e. The first-order valence-corrected chi connectivity index (χ1v) is 8.27. The summed E-state index contributed by atoms with van der Waals surface area (Å²) in [5.74, 6) is 0.479. The Balaban J connectivity index is 2.26. The Bertz CT molecular complexity index is 480. The highest BCUT2D eigenvalue weighted by Gasteiger charge is 2.36. The molecule has 0 saturated heterocycles. The first-order chi connectivity index (χ1) is 9.24. The molecule has 0 amide bonds. The minimum Gasteiger partial charge on any atom is -0.321 e. The molecule has 112 valence electrons. The highest BCUT2D eigenvalue weighted by molar-refractivity contribution is 9.10. The van der Waals surface area contributed by atoms with Crippen molar-refractivity contribution >= 4 is 15.9 Å². The molecule has 1 fully saturated rings. The van der Waals surface area contributed by atoms with Crippen LogP contribution in [-0.4, -0.2) is 0 Å². The largest absolute Gasteiger partial charge is 0.321 e. The molecule has 1 aliphatic carbocycles. The molecule has 2 atom stereocenters. The average molecular weight is 342 g/mol. The molecule has 2 N–H and O–H groups in total. The average Bonchev–Trinajstić information content (AvgIpc) is 2.55. The van der Waals surface area contributed by atoms with Gasteiger partial charge < -0.3 is 5.73 Å². The molecule has 1 aromatic rings. The van der Waals surface area contributed by atoms with Crippen LogP contribution in [0.1, 0.15) is 58.4 Å². The zero-order valence-corrected chi connectivity index (χ0v) is 14.3. The van der Waals surface area contributed by atoms with E-state index in [2.05, 4.69) is 36.7 Å². The monoisotopic (exact) mass is 341 g/mol. The van der Waals surface area contributed by atoms with Crippen LogP contribution >= 0.6 is 15.9 Å². The van der Waals surface area contributed by atoms with Crippen molar-refractivity contribution in [3.63, 3.8) is 0 Å². The Hall–Kier alpha value is -0.410. The number of rotatable bonds is 1. The molecular formula is C17H25BrFN. The van der Waals surface area contributed by atoms with Crippen molar-refractivity contribution in [1.82, 2.24) is 0 Å². The van der Waals surface area contributed by atoms with Crippen LogP contribution in [0.25, 0.3) is 0 Å². The van der Waals surface area contributed by atoms with Crippen molar-refractivity contribution in [3.8, 4) is 0 Å². The smallest absolute Gasteiger partial charge is 0.142 e. The quantitative estimate of drug-likeness (QED) is 0.682.